The first-order valence-electron chi connectivity index (χ1n) is 5.35. The second-order valence-electron chi connectivity index (χ2n) is 3.93. The lowest BCUT2D eigenvalue weighted by Gasteiger charge is -2.41. The lowest BCUT2D eigenvalue weighted by Crippen LogP contribution is -2.57. The number of methoxy groups -OCH3 is 1. The summed E-state index contributed by atoms with van der Waals surface area (Å²) in [6.07, 6.45) is 0. The number of anilines is 1. The van der Waals surface area contributed by atoms with Crippen LogP contribution in [0.3, 0.4) is 0 Å². The predicted octanol–water partition coefficient (Wildman–Crippen LogP) is 0.881. The van der Waals surface area contributed by atoms with Crippen molar-refractivity contribution in [2.75, 3.05) is 32.1 Å². The lowest BCUT2D eigenvalue weighted by molar-refractivity contribution is 0.0601. The molecule has 1 aliphatic heterocycles. The van der Waals surface area contributed by atoms with Crippen LogP contribution in [0.4, 0.5) is 5.69 Å². The molecule has 0 bridgehead atoms. The molecule has 1 N–H and O–H groups in total. The third-order valence-corrected chi connectivity index (χ3v) is 2.92. The van der Waals surface area contributed by atoms with E-state index >= 15 is 0 Å². The first-order chi connectivity index (χ1) is 7.74. The van der Waals surface area contributed by atoms with E-state index < -0.39 is 0 Å². The minimum absolute atomic E-state index is 0.285. The zero-order valence-electron chi connectivity index (χ0n) is 9.56. The number of nitrogens with zero attached hydrogens (tertiary/aromatic N) is 1. The molecule has 1 heterocycles. The molecule has 4 heteroatoms. The van der Waals surface area contributed by atoms with Crippen molar-refractivity contribution >= 4 is 11.7 Å². The molecule has 1 saturated heterocycles. The lowest BCUT2D eigenvalue weighted by atomic mass is 10.1. The van der Waals surface area contributed by atoms with Gasteiger partial charge in [0.05, 0.1) is 12.7 Å². The Bertz CT molecular complexity index is 386. The first-order valence-corrected chi connectivity index (χ1v) is 5.35. The number of ether oxygens (including phenoxy) is 1. The monoisotopic (exact) mass is 220 g/mol. The van der Waals surface area contributed by atoms with Crippen molar-refractivity contribution in [2.24, 2.45) is 0 Å². The number of nitrogens with one attached hydrogen (secondary N) is 1. The number of hydrogen-bond acceptors (Lipinski definition) is 4. The molecule has 2 rings (SSSR count). The fourth-order valence-electron chi connectivity index (χ4n) is 1.82. The van der Waals surface area contributed by atoms with E-state index in [-0.39, 0.29) is 5.97 Å². The van der Waals surface area contributed by atoms with Gasteiger partial charge in [-0.1, -0.05) is 6.07 Å². The summed E-state index contributed by atoms with van der Waals surface area (Å²) >= 11 is 0. The van der Waals surface area contributed by atoms with E-state index in [1.807, 2.05) is 25.2 Å². The van der Waals surface area contributed by atoms with Crippen molar-refractivity contribution in [3.05, 3.63) is 29.8 Å². The van der Waals surface area contributed by atoms with Gasteiger partial charge in [0.2, 0.25) is 0 Å². The van der Waals surface area contributed by atoms with Crippen LogP contribution < -0.4 is 10.2 Å². The van der Waals surface area contributed by atoms with E-state index in [1.165, 1.54) is 7.11 Å². The van der Waals surface area contributed by atoms with Crippen LogP contribution >= 0.6 is 0 Å². The summed E-state index contributed by atoms with van der Waals surface area (Å²) in [5.74, 6) is -0.285. The zero-order chi connectivity index (χ0) is 11.5. The van der Waals surface area contributed by atoms with Gasteiger partial charge in [0.1, 0.15) is 0 Å². The molecule has 86 valence electrons. The van der Waals surface area contributed by atoms with Crippen LogP contribution in [0.25, 0.3) is 0 Å². The SMILES string of the molecule is CNC1CN(c2cccc(C(=O)OC)c2)C1. The molecule has 0 aromatic heterocycles. The van der Waals surface area contributed by atoms with Crippen molar-refractivity contribution in [2.45, 2.75) is 6.04 Å². The molecule has 1 aliphatic rings. The van der Waals surface area contributed by atoms with E-state index in [0.29, 0.717) is 11.6 Å². The van der Waals surface area contributed by atoms with Crippen molar-refractivity contribution in [1.82, 2.24) is 5.32 Å². The summed E-state index contributed by atoms with van der Waals surface area (Å²) < 4.78 is 4.70. The Balaban J connectivity index is 2.09. The number of carbonyl (C=O) groups is 1. The third kappa shape index (κ3) is 2.02. The van der Waals surface area contributed by atoms with Gasteiger partial charge in [-0.3, -0.25) is 0 Å². The summed E-state index contributed by atoms with van der Waals surface area (Å²) in [5.41, 5.74) is 1.68. The molecule has 0 aliphatic carbocycles. The average molecular weight is 220 g/mol. The van der Waals surface area contributed by atoms with Gasteiger partial charge in [0.25, 0.3) is 0 Å². The highest BCUT2D eigenvalue weighted by Gasteiger charge is 2.25. The maximum absolute atomic E-state index is 11.4. The summed E-state index contributed by atoms with van der Waals surface area (Å²) in [5, 5.41) is 3.22. The van der Waals surface area contributed by atoms with Gasteiger partial charge in [-0.05, 0) is 25.2 Å². The van der Waals surface area contributed by atoms with Gasteiger partial charge in [0.15, 0.2) is 0 Å². The largest absolute Gasteiger partial charge is 0.465 e. The normalized spacial score (nSPS) is 15.8. The molecule has 1 aromatic carbocycles. The van der Waals surface area contributed by atoms with Gasteiger partial charge < -0.3 is 15.0 Å². The Morgan fingerprint density at radius 2 is 2.25 bits per heavy atom. The van der Waals surface area contributed by atoms with Crippen LogP contribution in [-0.4, -0.2) is 39.3 Å². The fraction of sp³-hybridized carbons (Fsp3) is 0.417. The highest BCUT2D eigenvalue weighted by atomic mass is 16.5. The predicted molar refractivity (Wildman–Crippen MR) is 62.8 cm³/mol. The van der Waals surface area contributed by atoms with Crippen LogP contribution in [0, 0.1) is 0 Å². The van der Waals surface area contributed by atoms with Crippen molar-refractivity contribution < 1.29 is 9.53 Å². The summed E-state index contributed by atoms with van der Waals surface area (Å²) in [6, 6.07) is 8.09. The molecule has 1 fully saturated rings. The molecule has 0 unspecified atom stereocenters. The van der Waals surface area contributed by atoms with Gasteiger partial charge >= 0.3 is 5.97 Å². The summed E-state index contributed by atoms with van der Waals surface area (Å²) in [6.45, 7) is 1.97. The number of hydrogen-bond donors (Lipinski definition) is 1. The molecule has 0 saturated carbocycles. The molecule has 0 spiro atoms. The standard InChI is InChI=1S/C12H16N2O2/c1-13-10-7-14(8-10)11-5-3-4-9(6-11)12(15)16-2/h3-6,10,13H,7-8H2,1-2H3. The van der Waals surface area contributed by atoms with Gasteiger partial charge in [0, 0.05) is 24.8 Å². The second kappa shape index (κ2) is 4.53. The summed E-state index contributed by atoms with van der Waals surface area (Å²) in [4.78, 5) is 13.6. The van der Waals surface area contributed by atoms with Crippen molar-refractivity contribution in [3.63, 3.8) is 0 Å². The number of esters is 1. The van der Waals surface area contributed by atoms with Crippen LogP contribution in [0.5, 0.6) is 0 Å². The van der Waals surface area contributed by atoms with Crippen LogP contribution in [-0.2, 0) is 4.74 Å². The maximum atomic E-state index is 11.4. The third-order valence-electron chi connectivity index (χ3n) is 2.92. The van der Waals surface area contributed by atoms with Crippen molar-refractivity contribution in [1.29, 1.82) is 0 Å². The summed E-state index contributed by atoms with van der Waals surface area (Å²) in [7, 11) is 3.36. The minimum atomic E-state index is -0.285. The van der Waals surface area contributed by atoms with Crippen molar-refractivity contribution in [3.8, 4) is 0 Å². The van der Waals surface area contributed by atoms with E-state index in [9.17, 15) is 4.79 Å². The molecule has 0 atom stereocenters. The van der Waals surface area contributed by atoms with Gasteiger partial charge in [-0.15, -0.1) is 0 Å². The molecular formula is C12H16N2O2. The Morgan fingerprint density at radius 1 is 1.50 bits per heavy atom. The van der Waals surface area contributed by atoms with E-state index in [1.54, 1.807) is 6.07 Å². The van der Waals surface area contributed by atoms with Crippen LogP contribution in [0.15, 0.2) is 24.3 Å². The Hall–Kier alpha value is -1.55. The zero-order valence-corrected chi connectivity index (χ0v) is 9.56. The van der Waals surface area contributed by atoms with Crippen LogP contribution in [0.1, 0.15) is 10.4 Å². The topological polar surface area (TPSA) is 41.6 Å². The van der Waals surface area contributed by atoms with Crippen LogP contribution in [0.2, 0.25) is 0 Å². The van der Waals surface area contributed by atoms with E-state index in [4.69, 9.17) is 4.74 Å². The smallest absolute Gasteiger partial charge is 0.337 e. The number of benzene rings is 1. The molecule has 1 aromatic rings. The highest BCUT2D eigenvalue weighted by molar-refractivity contribution is 5.90. The maximum Gasteiger partial charge on any atom is 0.337 e. The number of carbonyl (C=O) groups excluding carboxylic acids is 1. The molecule has 4 nitrogen and oxygen atoms in total. The quantitative estimate of drug-likeness (QED) is 0.768. The van der Waals surface area contributed by atoms with E-state index in [0.717, 1.165) is 18.8 Å². The van der Waals surface area contributed by atoms with E-state index in [2.05, 4.69) is 10.2 Å². The highest BCUT2D eigenvalue weighted by Crippen LogP contribution is 2.22. The van der Waals surface area contributed by atoms with Gasteiger partial charge in [-0.2, -0.15) is 0 Å². The Morgan fingerprint density at radius 3 is 2.88 bits per heavy atom. The first kappa shape index (κ1) is 11.0. The van der Waals surface area contributed by atoms with Gasteiger partial charge in [-0.25, -0.2) is 4.79 Å². The Kier molecular flexibility index (Phi) is 3.10. The second-order valence-corrected chi connectivity index (χ2v) is 3.93. The molecule has 0 amide bonds. The fourth-order valence-corrected chi connectivity index (χ4v) is 1.82. The minimum Gasteiger partial charge on any atom is -0.465 e. The molecule has 16 heavy (non-hydrogen) atoms. The Labute approximate surface area is 95.2 Å². The number of likely N-dealkylation sites (N-methyl/N-ethyl adjacent to an activating group) is 1. The molecular weight excluding hydrogens is 204 g/mol. The number of rotatable bonds is 3. The molecule has 0 radical (unpaired) electrons. The average Bonchev–Trinajstić information content (AvgIpc) is 2.27.